The monoisotopic (exact) mass is 281 g/mol. The van der Waals surface area contributed by atoms with Gasteiger partial charge in [0.25, 0.3) is 0 Å². The number of rotatable bonds is 3. The minimum atomic E-state index is -0.117. The average Bonchev–Trinajstić information content (AvgIpc) is 2.48. The van der Waals surface area contributed by atoms with Crippen LogP contribution < -0.4 is 4.90 Å². The second-order valence-electron chi connectivity index (χ2n) is 5.92. The molecule has 0 unspecified atom stereocenters. The van der Waals surface area contributed by atoms with Crippen molar-refractivity contribution in [1.29, 1.82) is 0 Å². The van der Waals surface area contributed by atoms with Gasteiger partial charge in [-0.3, -0.25) is 4.79 Å². The first-order valence-corrected chi connectivity index (χ1v) is 7.32. The van der Waals surface area contributed by atoms with Crippen LogP contribution in [0.15, 0.2) is 12.7 Å². The number of hydrogen-bond acceptors (Lipinski definition) is 1. The lowest BCUT2D eigenvalue weighted by Crippen LogP contribution is -2.60. The van der Waals surface area contributed by atoms with Gasteiger partial charge in [-0.25, -0.2) is 0 Å². The smallest absolute Gasteiger partial charge is 0.234 e. The fourth-order valence-electron chi connectivity index (χ4n) is 3.27. The van der Waals surface area contributed by atoms with Gasteiger partial charge in [-0.1, -0.05) is 6.08 Å². The normalized spacial score (nSPS) is 21.0. The lowest BCUT2D eigenvalue weighted by atomic mass is 9.81. The van der Waals surface area contributed by atoms with Gasteiger partial charge >= 0.3 is 0 Å². The summed E-state index contributed by atoms with van der Waals surface area (Å²) < 4.78 is 0. The second-order valence-corrected chi connectivity index (χ2v) is 5.92. The number of β-lactam (4-membered cyclic amide) rings is 1. The molecule has 1 aromatic carbocycles. The number of anilines is 1. The Kier molecular flexibility index (Phi) is 3.96. The van der Waals surface area contributed by atoms with Crippen LogP contribution in [0.2, 0.25) is 0 Å². The van der Waals surface area contributed by atoms with Gasteiger partial charge in [-0.2, -0.15) is 0 Å². The quantitative estimate of drug-likeness (QED) is 0.469. The maximum absolute atomic E-state index is 12.5. The Hall–Kier alpha value is -2.01. The van der Waals surface area contributed by atoms with Crippen molar-refractivity contribution in [3.63, 3.8) is 0 Å². The Balaban J connectivity index is 2.56. The van der Waals surface area contributed by atoms with Crippen molar-refractivity contribution in [2.24, 2.45) is 5.92 Å². The molecule has 2 atom stereocenters. The van der Waals surface area contributed by atoms with Crippen molar-refractivity contribution in [2.45, 2.75) is 47.1 Å². The van der Waals surface area contributed by atoms with Gasteiger partial charge in [0, 0.05) is 6.42 Å². The summed E-state index contributed by atoms with van der Waals surface area (Å²) in [5, 5.41) is 0. The molecule has 21 heavy (non-hydrogen) atoms. The molecule has 2 rings (SSSR count). The van der Waals surface area contributed by atoms with Gasteiger partial charge in [-0.05, 0) is 62.4 Å². The van der Waals surface area contributed by atoms with E-state index < -0.39 is 0 Å². The lowest BCUT2D eigenvalue weighted by Gasteiger charge is -2.47. The highest BCUT2D eigenvalue weighted by Crippen LogP contribution is 2.41. The Morgan fingerprint density at radius 1 is 1.10 bits per heavy atom. The van der Waals surface area contributed by atoms with E-state index in [2.05, 4.69) is 47.1 Å². The standard InChI is InChI=1S/C19H23NO/c1-8-10-16-17(9-2)20(19(16)21)18-14(6)12(4)11(3)13(5)15(18)7/h1,9,16-17H,2,10H2,3-7H3/t16-,17+/m0/s1. The predicted molar refractivity (Wildman–Crippen MR) is 88.5 cm³/mol. The molecular weight excluding hydrogens is 258 g/mol. The van der Waals surface area contributed by atoms with E-state index in [9.17, 15) is 4.79 Å². The molecule has 0 aliphatic carbocycles. The van der Waals surface area contributed by atoms with E-state index in [-0.39, 0.29) is 17.9 Å². The van der Waals surface area contributed by atoms with Gasteiger partial charge in [-0.15, -0.1) is 18.9 Å². The summed E-state index contributed by atoms with van der Waals surface area (Å²) in [6.45, 7) is 14.4. The minimum Gasteiger partial charge on any atom is -0.304 e. The van der Waals surface area contributed by atoms with E-state index in [0.29, 0.717) is 6.42 Å². The topological polar surface area (TPSA) is 20.3 Å². The summed E-state index contributed by atoms with van der Waals surface area (Å²) in [4.78, 5) is 14.4. The van der Waals surface area contributed by atoms with Gasteiger partial charge < -0.3 is 4.90 Å². The summed E-state index contributed by atoms with van der Waals surface area (Å²) in [5.74, 6) is 2.60. The van der Waals surface area contributed by atoms with Crippen LogP contribution in [0.3, 0.4) is 0 Å². The third kappa shape index (κ3) is 2.08. The molecule has 1 amide bonds. The van der Waals surface area contributed by atoms with Crippen LogP contribution in [0.1, 0.15) is 34.2 Å². The second kappa shape index (κ2) is 5.41. The van der Waals surface area contributed by atoms with Crippen LogP contribution in [0.4, 0.5) is 5.69 Å². The van der Waals surface area contributed by atoms with Gasteiger partial charge in [0.15, 0.2) is 0 Å². The number of benzene rings is 1. The summed E-state index contributed by atoms with van der Waals surface area (Å²) in [6.07, 6.45) is 7.70. The van der Waals surface area contributed by atoms with Crippen LogP contribution in [-0.2, 0) is 4.79 Å². The maximum atomic E-state index is 12.5. The van der Waals surface area contributed by atoms with Gasteiger partial charge in [0.05, 0.1) is 17.6 Å². The Morgan fingerprint density at radius 2 is 1.57 bits per heavy atom. The number of nitrogens with zero attached hydrogens (tertiary/aromatic N) is 1. The summed E-state index contributed by atoms with van der Waals surface area (Å²) in [5.41, 5.74) is 7.20. The molecule has 1 aromatic rings. The van der Waals surface area contributed by atoms with Crippen molar-refractivity contribution >= 4 is 11.6 Å². The van der Waals surface area contributed by atoms with E-state index in [0.717, 1.165) is 5.69 Å². The average molecular weight is 281 g/mol. The van der Waals surface area contributed by atoms with E-state index >= 15 is 0 Å². The first kappa shape index (κ1) is 15.4. The molecule has 1 fully saturated rings. The van der Waals surface area contributed by atoms with Crippen LogP contribution in [-0.4, -0.2) is 11.9 Å². The third-order valence-electron chi connectivity index (χ3n) is 5.05. The number of carbonyl (C=O) groups excluding carboxylic acids is 1. The van der Waals surface area contributed by atoms with Crippen LogP contribution in [0, 0.1) is 52.9 Å². The molecule has 0 bridgehead atoms. The lowest BCUT2D eigenvalue weighted by molar-refractivity contribution is -0.128. The van der Waals surface area contributed by atoms with Gasteiger partial charge in [0.1, 0.15) is 0 Å². The SMILES string of the molecule is C#CC[C@@H]1C(=O)N(c2c(C)c(C)c(C)c(C)c2C)[C@@H]1C=C. The van der Waals surface area contributed by atoms with E-state index in [1.807, 2.05) is 11.0 Å². The fraction of sp³-hybridized carbons (Fsp3) is 0.421. The zero-order valence-electron chi connectivity index (χ0n) is 13.6. The molecule has 0 spiro atoms. The van der Waals surface area contributed by atoms with E-state index in [1.54, 1.807) is 0 Å². The number of terminal acetylenes is 1. The van der Waals surface area contributed by atoms with Crippen molar-refractivity contribution in [3.05, 3.63) is 40.5 Å². The third-order valence-corrected chi connectivity index (χ3v) is 5.05. The van der Waals surface area contributed by atoms with Crippen molar-refractivity contribution in [1.82, 2.24) is 0 Å². The molecule has 0 aromatic heterocycles. The molecule has 1 aliphatic rings. The van der Waals surface area contributed by atoms with Crippen molar-refractivity contribution < 1.29 is 4.79 Å². The first-order valence-electron chi connectivity index (χ1n) is 7.32. The van der Waals surface area contributed by atoms with Crippen LogP contribution in [0.5, 0.6) is 0 Å². The minimum absolute atomic E-state index is 0.00690. The highest BCUT2D eigenvalue weighted by molar-refractivity contribution is 6.05. The molecule has 1 saturated heterocycles. The zero-order chi connectivity index (χ0) is 15.9. The molecule has 0 saturated carbocycles. The maximum Gasteiger partial charge on any atom is 0.234 e. The molecule has 2 heteroatoms. The van der Waals surface area contributed by atoms with Crippen LogP contribution in [0.25, 0.3) is 0 Å². The Labute approximate surface area is 127 Å². The molecule has 2 nitrogen and oxygen atoms in total. The molecule has 1 heterocycles. The first-order chi connectivity index (χ1) is 9.86. The van der Waals surface area contributed by atoms with E-state index in [1.165, 1.54) is 27.8 Å². The van der Waals surface area contributed by atoms with Crippen LogP contribution >= 0.6 is 0 Å². The molecule has 110 valence electrons. The Morgan fingerprint density at radius 3 is 2.00 bits per heavy atom. The molecule has 0 radical (unpaired) electrons. The number of hydrogen-bond donors (Lipinski definition) is 0. The zero-order valence-corrected chi connectivity index (χ0v) is 13.6. The fourth-order valence-corrected chi connectivity index (χ4v) is 3.27. The molecular formula is C19H23NO. The van der Waals surface area contributed by atoms with Crippen molar-refractivity contribution in [2.75, 3.05) is 4.90 Å². The largest absolute Gasteiger partial charge is 0.304 e. The number of amides is 1. The van der Waals surface area contributed by atoms with E-state index in [4.69, 9.17) is 6.42 Å². The number of carbonyl (C=O) groups is 1. The van der Waals surface area contributed by atoms with Gasteiger partial charge in [0.2, 0.25) is 5.91 Å². The molecule has 1 aliphatic heterocycles. The highest BCUT2D eigenvalue weighted by Gasteiger charge is 2.46. The Bertz CT molecular complexity index is 634. The summed E-state index contributed by atoms with van der Waals surface area (Å²) in [7, 11) is 0. The highest BCUT2D eigenvalue weighted by atomic mass is 16.2. The summed E-state index contributed by atoms with van der Waals surface area (Å²) >= 11 is 0. The predicted octanol–water partition coefficient (Wildman–Crippen LogP) is 3.77. The van der Waals surface area contributed by atoms with Crippen molar-refractivity contribution in [3.8, 4) is 12.3 Å². The molecule has 0 N–H and O–H groups in total. The summed E-state index contributed by atoms with van der Waals surface area (Å²) in [6, 6.07) is 0.00690.